The minimum absolute atomic E-state index is 0.0841. The second-order valence-electron chi connectivity index (χ2n) is 4.51. The molecule has 2 aliphatic rings. The molecular formula is C10H16F3NO2. The molecule has 3 nitrogen and oxygen atoms in total. The highest BCUT2D eigenvalue weighted by molar-refractivity contribution is 4.87. The van der Waals surface area contributed by atoms with Gasteiger partial charge in [-0.2, -0.15) is 13.2 Å². The average Bonchev–Trinajstić information content (AvgIpc) is 2.61. The normalized spacial score (nSPS) is 40.5. The van der Waals surface area contributed by atoms with Crippen LogP contribution in [0.1, 0.15) is 25.7 Å². The van der Waals surface area contributed by atoms with Crippen molar-refractivity contribution < 1.29 is 22.6 Å². The van der Waals surface area contributed by atoms with E-state index < -0.39 is 17.9 Å². The molecule has 1 saturated heterocycles. The van der Waals surface area contributed by atoms with Crippen LogP contribution < -0.4 is 5.73 Å². The van der Waals surface area contributed by atoms with E-state index in [1.165, 1.54) is 0 Å². The number of halogens is 3. The molecule has 2 rings (SSSR count). The molecule has 0 aromatic carbocycles. The lowest BCUT2D eigenvalue weighted by atomic mass is 9.85. The highest BCUT2D eigenvalue weighted by atomic mass is 19.4. The zero-order valence-electron chi connectivity index (χ0n) is 8.93. The van der Waals surface area contributed by atoms with Crippen molar-refractivity contribution in [3.8, 4) is 0 Å². The third-order valence-electron chi connectivity index (χ3n) is 3.39. The van der Waals surface area contributed by atoms with Crippen molar-refractivity contribution in [2.75, 3.05) is 13.2 Å². The van der Waals surface area contributed by atoms with Gasteiger partial charge in [0.15, 0.2) is 5.79 Å². The summed E-state index contributed by atoms with van der Waals surface area (Å²) in [5.74, 6) is -1.99. The van der Waals surface area contributed by atoms with E-state index in [4.69, 9.17) is 15.2 Å². The molecule has 1 aliphatic carbocycles. The predicted octanol–water partition coefficient (Wildman–Crippen LogP) is 1.81. The number of ether oxygens (including phenoxy) is 2. The molecule has 2 fully saturated rings. The van der Waals surface area contributed by atoms with E-state index in [-0.39, 0.29) is 18.9 Å². The molecule has 1 aliphatic heterocycles. The topological polar surface area (TPSA) is 44.5 Å². The van der Waals surface area contributed by atoms with Gasteiger partial charge < -0.3 is 15.2 Å². The number of hydrogen-bond acceptors (Lipinski definition) is 3. The van der Waals surface area contributed by atoms with E-state index in [9.17, 15) is 13.2 Å². The Morgan fingerprint density at radius 1 is 1.25 bits per heavy atom. The van der Waals surface area contributed by atoms with Gasteiger partial charge in [0.2, 0.25) is 0 Å². The summed E-state index contributed by atoms with van der Waals surface area (Å²) in [6.07, 6.45) is -3.46. The van der Waals surface area contributed by atoms with Crippen LogP contribution in [-0.2, 0) is 9.47 Å². The largest absolute Gasteiger partial charge is 0.391 e. The second kappa shape index (κ2) is 4.16. The predicted molar refractivity (Wildman–Crippen MR) is 50.6 cm³/mol. The van der Waals surface area contributed by atoms with Crippen molar-refractivity contribution >= 4 is 0 Å². The second-order valence-corrected chi connectivity index (χ2v) is 4.51. The maximum absolute atomic E-state index is 12.5. The summed E-state index contributed by atoms with van der Waals surface area (Å²) in [6, 6.07) is 0. The Labute approximate surface area is 92.1 Å². The van der Waals surface area contributed by atoms with Crippen LogP contribution in [0.4, 0.5) is 13.2 Å². The Hall–Kier alpha value is -0.330. The first kappa shape index (κ1) is 12.1. The van der Waals surface area contributed by atoms with Crippen LogP contribution >= 0.6 is 0 Å². The molecule has 0 aromatic rings. The highest BCUT2D eigenvalue weighted by Crippen LogP contribution is 2.45. The van der Waals surface area contributed by atoms with Gasteiger partial charge in [-0.05, 0) is 12.8 Å². The van der Waals surface area contributed by atoms with E-state index in [2.05, 4.69) is 0 Å². The molecule has 0 radical (unpaired) electrons. The minimum atomic E-state index is -4.09. The number of rotatable bonds is 1. The van der Waals surface area contributed by atoms with Crippen LogP contribution in [0.15, 0.2) is 0 Å². The molecule has 1 unspecified atom stereocenters. The van der Waals surface area contributed by atoms with E-state index in [1.54, 1.807) is 0 Å². The number of alkyl halides is 3. The maximum atomic E-state index is 12.5. The Bertz CT molecular complexity index is 249. The van der Waals surface area contributed by atoms with Crippen LogP contribution in [0.5, 0.6) is 0 Å². The molecule has 1 heterocycles. The van der Waals surface area contributed by atoms with Gasteiger partial charge in [0.1, 0.15) is 0 Å². The molecule has 0 bridgehead atoms. The van der Waals surface area contributed by atoms with Gasteiger partial charge in [-0.25, -0.2) is 0 Å². The number of hydrogen-bond donors (Lipinski definition) is 1. The van der Waals surface area contributed by atoms with Gasteiger partial charge in [0.05, 0.1) is 18.6 Å². The van der Waals surface area contributed by atoms with Gasteiger partial charge >= 0.3 is 6.18 Å². The monoisotopic (exact) mass is 239 g/mol. The first-order chi connectivity index (χ1) is 7.45. The Balaban J connectivity index is 1.90. The van der Waals surface area contributed by atoms with Gasteiger partial charge in [-0.3, -0.25) is 0 Å². The summed E-state index contributed by atoms with van der Waals surface area (Å²) in [5.41, 5.74) is 5.44. The molecule has 1 saturated carbocycles. The summed E-state index contributed by atoms with van der Waals surface area (Å²) >= 11 is 0. The smallest absolute Gasteiger partial charge is 0.347 e. The quantitative estimate of drug-likeness (QED) is 0.759. The molecule has 1 atom stereocenters. The van der Waals surface area contributed by atoms with E-state index in [0.29, 0.717) is 26.0 Å². The summed E-state index contributed by atoms with van der Waals surface area (Å²) in [4.78, 5) is 0. The van der Waals surface area contributed by atoms with E-state index >= 15 is 0 Å². The molecule has 0 aromatic heterocycles. The maximum Gasteiger partial charge on any atom is 0.391 e. The lowest BCUT2D eigenvalue weighted by Gasteiger charge is -2.36. The Kier molecular flexibility index (Phi) is 3.16. The Morgan fingerprint density at radius 2 is 1.88 bits per heavy atom. The number of nitrogens with two attached hydrogens (primary N) is 1. The highest BCUT2D eigenvalue weighted by Gasteiger charge is 2.49. The minimum Gasteiger partial charge on any atom is -0.347 e. The van der Waals surface area contributed by atoms with Crippen molar-refractivity contribution in [3.05, 3.63) is 0 Å². The van der Waals surface area contributed by atoms with Crippen LogP contribution in [0.25, 0.3) is 0 Å². The molecule has 94 valence electrons. The fourth-order valence-corrected chi connectivity index (χ4v) is 2.38. The molecular weight excluding hydrogens is 223 g/mol. The zero-order chi connectivity index (χ0) is 11.8. The average molecular weight is 239 g/mol. The SMILES string of the molecule is NCC1COC2(CCC(C(F)(F)F)CC2)O1. The molecule has 1 spiro atoms. The fourth-order valence-electron chi connectivity index (χ4n) is 2.38. The first-order valence-corrected chi connectivity index (χ1v) is 5.54. The lowest BCUT2D eigenvalue weighted by molar-refractivity contribution is -0.230. The summed E-state index contributed by atoms with van der Waals surface area (Å²) in [7, 11) is 0. The standard InChI is InChI=1S/C10H16F3NO2/c11-10(12,13)7-1-3-9(4-2-7)15-6-8(5-14)16-9/h7-8H,1-6,14H2. The third-order valence-corrected chi connectivity index (χ3v) is 3.39. The first-order valence-electron chi connectivity index (χ1n) is 5.54. The van der Waals surface area contributed by atoms with E-state index in [0.717, 1.165) is 0 Å². The van der Waals surface area contributed by atoms with Crippen LogP contribution in [0.3, 0.4) is 0 Å². The third kappa shape index (κ3) is 2.33. The molecule has 0 amide bonds. The van der Waals surface area contributed by atoms with Gasteiger partial charge in [-0.15, -0.1) is 0 Å². The van der Waals surface area contributed by atoms with Gasteiger partial charge in [0, 0.05) is 19.4 Å². The van der Waals surface area contributed by atoms with Crippen molar-refractivity contribution in [2.24, 2.45) is 11.7 Å². The molecule has 16 heavy (non-hydrogen) atoms. The summed E-state index contributed by atoms with van der Waals surface area (Å²) in [6.45, 7) is 0.748. The van der Waals surface area contributed by atoms with Crippen molar-refractivity contribution in [3.63, 3.8) is 0 Å². The summed E-state index contributed by atoms with van der Waals surface area (Å²) in [5, 5.41) is 0. The Morgan fingerprint density at radius 3 is 2.31 bits per heavy atom. The van der Waals surface area contributed by atoms with Crippen molar-refractivity contribution in [1.82, 2.24) is 0 Å². The van der Waals surface area contributed by atoms with Crippen LogP contribution in [-0.4, -0.2) is 31.2 Å². The molecule has 6 heteroatoms. The van der Waals surface area contributed by atoms with Gasteiger partial charge in [0.25, 0.3) is 0 Å². The molecule has 2 N–H and O–H groups in total. The van der Waals surface area contributed by atoms with Crippen LogP contribution in [0, 0.1) is 5.92 Å². The summed E-state index contributed by atoms with van der Waals surface area (Å²) < 4.78 is 48.4. The van der Waals surface area contributed by atoms with E-state index in [1.807, 2.05) is 0 Å². The zero-order valence-corrected chi connectivity index (χ0v) is 8.93. The van der Waals surface area contributed by atoms with Crippen LogP contribution in [0.2, 0.25) is 0 Å². The fraction of sp³-hybridized carbons (Fsp3) is 1.00. The van der Waals surface area contributed by atoms with Crippen molar-refractivity contribution in [1.29, 1.82) is 0 Å². The van der Waals surface area contributed by atoms with Crippen molar-refractivity contribution in [2.45, 2.75) is 43.8 Å². The van der Waals surface area contributed by atoms with Gasteiger partial charge in [-0.1, -0.05) is 0 Å². The lowest BCUT2D eigenvalue weighted by Crippen LogP contribution is -2.40.